The Balaban J connectivity index is 0.000000143. The van der Waals surface area contributed by atoms with Gasteiger partial charge >= 0.3 is 0 Å². The molecule has 7 aliphatic rings. The van der Waals surface area contributed by atoms with Gasteiger partial charge in [-0.1, -0.05) is 0 Å². The number of hydrogen-bond donors (Lipinski definition) is 4. The van der Waals surface area contributed by atoms with Crippen LogP contribution in [0.4, 0.5) is 0 Å². The fourth-order valence-corrected chi connectivity index (χ4v) is 16.5. The number of aromatic nitrogens is 6. The van der Waals surface area contributed by atoms with Crippen LogP contribution < -0.4 is 32.0 Å². The van der Waals surface area contributed by atoms with Crippen molar-refractivity contribution in [1.82, 2.24) is 43.4 Å². The van der Waals surface area contributed by atoms with E-state index in [2.05, 4.69) is 53.5 Å². The van der Waals surface area contributed by atoms with Crippen LogP contribution in [0.15, 0.2) is 47.2 Å². The Kier molecular flexibility index (Phi) is 13.2. The highest BCUT2D eigenvalue weighted by Gasteiger charge is 2.48. The molecule has 6 aromatic heterocycles. The molecule has 19 heteroatoms. The molecule has 7 atom stereocenters. The number of aryl methyl sites for hydroxylation is 2. The molecule has 9 heterocycles. The second-order valence-electron chi connectivity index (χ2n) is 24.3. The van der Waals surface area contributed by atoms with Crippen molar-refractivity contribution in [2.75, 3.05) is 52.8 Å². The lowest BCUT2D eigenvalue weighted by Crippen LogP contribution is -2.43. The number of nitrogens with one attached hydrogen (secondary N) is 1. The van der Waals surface area contributed by atoms with Crippen molar-refractivity contribution >= 4 is 88.6 Å². The summed E-state index contributed by atoms with van der Waals surface area (Å²) >= 11 is 9.85. The normalized spacial score (nSPS) is 23.9. The molecule has 16 nitrogen and oxygen atoms in total. The smallest absolute Gasteiger partial charge is 0.254 e. The number of rotatable bonds is 16. The number of hydrogen-bond acceptors (Lipinski definition) is 12. The van der Waals surface area contributed by atoms with Crippen molar-refractivity contribution in [3.8, 4) is 34.5 Å². The quantitative estimate of drug-likeness (QED) is 0.0681. The Morgan fingerprint density at radius 1 is 0.671 bits per heavy atom. The number of piperidine rings is 2. The molecule has 4 saturated carbocycles. The number of halogens is 1. The van der Waals surface area contributed by atoms with Crippen molar-refractivity contribution in [2.24, 2.45) is 66.8 Å². The average Bonchev–Trinajstić information content (AvgIpc) is 4.01. The van der Waals surface area contributed by atoms with Gasteiger partial charge in [0, 0.05) is 81.4 Å². The minimum absolute atomic E-state index is 0.0195. The van der Waals surface area contributed by atoms with E-state index in [-0.39, 0.29) is 41.9 Å². The van der Waals surface area contributed by atoms with Crippen LogP contribution in [0.3, 0.4) is 0 Å². The predicted molar refractivity (Wildman–Crippen MR) is 316 cm³/mol. The Hall–Kier alpha value is -5.47. The number of fused-ring (bicyclic) bond motifs is 8. The fourth-order valence-electron chi connectivity index (χ4n) is 14.3. The summed E-state index contributed by atoms with van der Waals surface area (Å²) < 4.78 is 23.5. The largest absolute Gasteiger partial charge is 0.494 e. The van der Waals surface area contributed by atoms with Gasteiger partial charge in [-0.25, -0.2) is 9.97 Å². The molecule has 416 valence electrons. The zero-order chi connectivity index (χ0) is 54.1. The topological polar surface area (TPSA) is 195 Å². The van der Waals surface area contributed by atoms with Crippen LogP contribution >= 0.6 is 34.3 Å². The summed E-state index contributed by atoms with van der Waals surface area (Å²) in [7, 11) is 7.44. The maximum atomic E-state index is 13.7. The van der Waals surface area contributed by atoms with E-state index in [1.165, 1.54) is 57.2 Å². The van der Waals surface area contributed by atoms with E-state index < -0.39 is 0 Å². The minimum Gasteiger partial charge on any atom is -0.494 e. The number of nitrogens with zero attached hydrogens (tertiary/aromatic N) is 8. The van der Waals surface area contributed by atoms with E-state index in [9.17, 15) is 9.59 Å². The molecule has 3 saturated heterocycles. The molecule has 1 unspecified atom stereocenters. The van der Waals surface area contributed by atoms with Gasteiger partial charge in [0.15, 0.2) is 11.6 Å². The van der Waals surface area contributed by atoms with Crippen LogP contribution in [0.2, 0.25) is 0 Å². The van der Waals surface area contributed by atoms with Crippen molar-refractivity contribution < 1.29 is 19.1 Å². The number of methoxy groups -OCH3 is 2. The van der Waals surface area contributed by atoms with E-state index in [4.69, 9.17) is 48.2 Å². The van der Waals surface area contributed by atoms with E-state index in [0.717, 1.165) is 135 Å². The Labute approximate surface area is 473 Å². The predicted octanol–water partition coefficient (Wildman–Crippen LogP) is 8.59. The van der Waals surface area contributed by atoms with Gasteiger partial charge in [0.2, 0.25) is 0 Å². The molecule has 79 heavy (non-hydrogen) atoms. The summed E-state index contributed by atoms with van der Waals surface area (Å²) in [5.41, 5.74) is 31.2. The summed E-state index contributed by atoms with van der Waals surface area (Å²) in [6.45, 7) is 6.30. The van der Waals surface area contributed by atoms with Crippen molar-refractivity contribution in [3.63, 3.8) is 0 Å². The number of amides is 2. The third-order valence-electron chi connectivity index (χ3n) is 19.2. The highest BCUT2D eigenvalue weighted by atomic mass is 35.5. The number of benzene rings is 2. The average molecular weight is 1130 g/mol. The SMILES string of the molecule is COc1cc(C(=O)N2C[C@H]3CC[C@@H]2[C@@H]3N)cc2nc(-c3cc4scc(CC(CN)CCl)c4n3CC3CC3)n(C)c12.COc1cc(C(=O)N2C[C@H]3CC[C@@H]2[C@@H]3N)cc2nc(-c3cc4scc(CC5CNC5)c4n3CC3CC3)n(C)c12. The molecule has 8 aromatic rings. The molecule has 2 aromatic carbocycles. The molecule has 0 spiro atoms. The third kappa shape index (κ3) is 8.80. The summed E-state index contributed by atoms with van der Waals surface area (Å²) in [6, 6.07) is 12.7. The molecular formula is C60H73ClN12O4S2. The molecule has 4 bridgehead atoms. The number of nitrogens with two attached hydrogens (primary N) is 3. The van der Waals surface area contributed by atoms with Crippen LogP contribution in [0.25, 0.3) is 65.5 Å². The molecule has 4 aliphatic carbocycles. The molecule has 0 radical (unpaired) electrons. The molecular weight excluding hydrogens is 1050 g/mol. The molecule has 7 fully saturated rings. The lowest BCUT2D eigenvalue weighted by molar-refractivity contribution is 0.0693. The number of thiophene rings is 2. The van der Waals surface area contributed by atoms with Crippen LogP contribution in [-0.4, -0.2) is 127 Å². The van der Waals surface area contributed by atoms with Crippen molar-refractivity contribution in [1.29, 1.82) is 0 Å². The van der Waals surface area contributed by atoms with Crippen molar-refractivity contribution in [3.05, 3.63) is 69.4 Å². The number of carbonyl (C=O) groups is 2. The second-order valence-corrected chi connectivity index (χ2v) is 26.4. The standard InChI is InChI=1S/C30H37ClN6O2S.C30H36N6O2S/c1-35-28-21(8-19(9-24(28)39-2)30(38)37-14-18-5-6-22(37)26(18)33)34-29(35)23-10-25-27(36(23)13-16-3-4-16)20(15-40-25)7-17(11-31)12-32;1-34-28-21(8-19(9-24(28)38-2)30(37)36-14-18-5-6-22(36)26(18)31)33-29(34)23-10-25-27(35(23)13-16-3-4-16)20(15-39-25)7-17-11-32-12-17/h8-10,15-18,22,26H,3-7,11-14,32-33H2,1-2H3;8-10,15-18,22,26,32H,3-7,11-14,31H2,1-2H3/t17?,18-,22-,26-;18-,22-,26-/m11/s1. The van der Waals surface area contributed by atoms with Crippen LogP contribution in [0, 0.1) is 35.5 Å². The van der Waals surface area contributed by atoms with E-state index in [0.29, 0.717) is 52.8 Å². The highest BCUT2D eigenvalue weighted by molar-refractivity contribution is 7.17. The van der Waals surface area contributed by atoms with Gasteiger partial charge in [-0.3, -0.25) is 9.59 Å². The first-order valence-electron chi connectivity index (χ1n) is 28.8. The van der Waals surface area contributed by atoms with Crippen LogP contribution in [0.1, 0.15) is 83.2 Å². The summed E-state index contributed by atoms with van der Waals surface area (Å²) in [6.07, 6.45) is 11.3. The first-order chi connectivity index (χ1) is 38.4. The number of likely N-dealkylation sites (tertiary alicyclic amines) is 2. The zero-order valence-electron chi connectivity index (χ0n) is 45.8. The van der Waals surface area contributed by atoms with E-state index >= 15 is 0 Å². The summed E-state index contributed by atoms with van der Waals surface area (Å²) in [5.74, 6) is 7.01. The molecule has 7 N–H and O–H groups in total. The van der Waals surface area contributed by atoms with Crippen LogP contribution in [-0.2, 0) is 40.0 Å². The Bertz CT molecular complexity index is 3680. The lowest BCUT2D eigenvalue weighted by atomic mass is 9.95. The Morgan fingerprint density at radius 3 is 1.54 bits per heavy atom. The zero-order valence-corrected chi connectivity index (χ0v) is 48.1. The van der Waals surface area contributed by atoms with Crippen LogP contribution in [0.5, 0.6) is 11.5 Å². The maximum Gasteiger partial charge on any atom is 0.254 e. The highest BCUT2D eigenvalue weighted by Crippen LogP contribution is 2.45. The number of carbonyl (C=O) groups excluding carboxylic acids is 2. The third-order valence-corrected chi connectivity index (χ3v) is 21.6. The van der Waals surface area contributed by atoms with Gasteiger partial charge in [-0.15, -0.1) is 34.3 Å². The summed E-state index contributed by atoms with van der Waals surface area (Å²) in [4.78, 5) is 41.6. The van der Waals surface area contributed by atoms with E-state index in [1.54, 1.807) is 25.6 Å². The number of imidazole rings is 2. The first kappa shape index (κ1) is 51.7. The van der Waals surface area contributed by atoms with Crippen molar-refractivity contribution in [2.45, 2.75) is 101 Å². The van der Waals surface area contributed by atoms with Gasteiger partial charge in [0.25, 0.3) is 11.8 Å². The van der Waals surface area contributed by atoms with Gasteiger partial charge in [-0.2, -0.15) is 0 Å². The van der Waals surface area contributed by atoms with Gasteiger partial charge in [0.05, 0.1) is 57.1 Å². The maximum absolute atomic E-state index is 13.7. The lowest BCUT2D eigenvalue weighted by Gasteiger charge is -2.27. The fraction of sp³-hybridized carbons (Fsp3) is 0.533. The first-order valence-corrected chi connectivity index (χ1v) is 31.1. The summed E-state index contributed by atoms with van der Waals surface area (Å²) in [5, 5.41) is 8.05. The molecule has 3 aliphatic heterocycles. The Morgan fingerprint density at radius 2 is 1.15 bits per heavy atom. The second kappa shape index (κ2) is 20.2. The van der Waals surface area contributed by atoms with Gasteiger partial charge in [-0.05, 0) is 178 Å². The minimum atomic E-state index is 0.0195. The molecule has 2 amide bonds. The molecule has 15 rings (SSSR count). The van der Waals surface area contributed by atoms with Gasteiger partial charge < -0.3 is 60.1 Å². The van der Waals surface area contributed by atoms with Gasteiger partial charge in [0.1, 0.15) is 22.5 Å². The van der Waals surface area contributed by atoms with E-state index in [1.807, 2.05) is 52.4 Å². The number of ether oxygens (including phenoxy) is 2. The number of alkyl halides is 1. The monoisotopic (exact) mass is 1120 g/mol.